The summed E-state index contributed by atoms with van der Waals surface area (Å²) in [6.07, 6.45) is 3.97. The number of aromatic nitrogens is 2. The molecule has 1 amide bonds. The Balaban J connectivity index is 1.99. The molecule has 0 aliphatic heterocycles. The van der Waals surface area contributed by atoms with E-state index in [1.54, 1.807) is 10.9 Å². The van der Waals surface area contributed by atoms with Crippen molar-refractivity contribution >= 4 is 5.91 Å². The van der Waals surface area contributed by atoms with Crippen LogP contribution in [0.25, 0.3) is 5.69 Å². The molecule has 2 aromatic rings. The number of nitrogens with one attached hydrogen (secondary N) is 1. The van der Waals surface area contributed by atoms with Crippen molar-refractivity contribution in [3.8, 4) is 5.69 Å². The molecule has 1 atom stereocenters. The second-order valence-electron chi connectivity index (χ2n) is 5.47. The Labute approximate surface area is 125 Å². The second-order valence-corrected chi connectivity index (χ2v) is 5.47. The van der Waals surface area contributed by atoms with Crippen LogP contribution in [0.2, 0.25) is 0 Å². The molecule has 3 N–H and O–H groups in total. The summed E-state index contributed by atoms with van der Waals surface area (Å²) in [5.74, 6) is 0.276. The second kappa shape index (κ2) is 7.04. The van der Waals surface area contributed by atoms with Crippen molar-refractivity contribution in [2.75, 3.05) is 0 Å². The Bertz CT molecular complexity index is 578. The minimum absolute atomic E-state index is 0.0218. The van der Waals surface area contributed by atoms with Crippen molar-refractivity contribution in [1.29, 1.82) is 0 Å². The molecule has 0 radical (unpaired) electrons. The zero-order valence-corrected chi connectivity index (χ0v) is 12.5. The molecule has 0 fully saturated rings. The monoisotopic (exact) mass is 286 g/mol. The summed E-state index contributed by atoms with van der Waals surface area (Å²) in [6, 6.07) is 9.64. The van der Waals surface area contributed by atoms with Crippen LogP contribution in [0.3, 0.4) is 0 Å². The highest BCUT2D eigenvalue weighted by Gasteiger charge is 2.13. The lowest BCUT2D eigenvalue weighted by Crippen LogP contribution is -2.34. The van der Waals surface area contributed by atoms with E-state index in [-0.39, 0.29) is 11.9 Å². The van der Waals surface area contributed by atoms with Gasteiger partial charge in [0.05, 0.1) is 5.69 Å². The van der Waals surface area contributed by atoms with Gasteiger partial charge in [0.15, 0.2) is 0 Å². The number of nitrogens with zero attached hydrogens (tertiary/aromatic N) is 2. The van der Waals surface area contributed by atoms with Crippen molar-refractivity contribution in [3.05, 3.63) is 48.3 Å². The molecule has 1 heterocycles. The lowest BCUT2D eigenvalue weighted by molar-refractivity contribution is -0.121. The molecule has 2 rings (SSSR count). The summed E-state index contributed by atoms with van der Waals surface area (Å²) in [7, 11) is 0. The molecule has 0 aliphatic rings. The average molecular weight is 286 g/mol. The highest BCUT2D eigenvalue weighted by atomic mass is 16.1. The van der Waals surface area contributed by atoms with Gasteiger partial charge in [0.1, 0.15) is 0 Å². The molecule has 0 saturated heterocycles. The molecule has 1 aromatic heterocycles. The van der Waals surface area contributed by atoms with Crippen LogP contribution < -0.4 is 11.1 Å². The van der Waals surface area contributed by atoms with Gasteiger partial charge in [-0.25, -0.2) is 4.68 Å². The summed E-state index contributed by atoms with van der Waals surface area (Å²) in [6.45, 7) is 4.51. The summed E-state index contributed by atoms with van der Waals surface area (Å²) < 4.78 is 1.79. The summed E-state index contributed by atoms with van der Waals surface area (Å²) in [5, 5.41) is 7.16. The number of rotatable bonds is 6. The first-order chi connectivity index (χ1) is 10.1. The molecule has 21 heavy (non-hydrogen) atoms. The Morgan fingerprint density at radius 3 is 2.76 bits per heavy atom. The van der Waals surface area contributed by atoms with E-state index in [4.69, 9.17) is 5.73 Å². The molecule has 0 saturated carbocycles. The smallest absolute Gasteiger partial charge is 0.221 e. The number of amides is 1. The third-order valence-electron chi connectivity index (χ3n) is 3.50. The van der Waals surface area contributed by atoms with E-state index in [0.29, 0.717) is 18.9 Å². The third kappa shape index (κ3) is 4.16. The highest BCUT2D eigenvalue weighted by molar-refractivity contribution is 5.76. The third-order valence-corrected chi connectivity index (χ3v) is 3.50. The predicted octanol–water partition coefficient (Wildman–Crippen LogP) is 1.86. The average Bonchev–Trinajstić information content (AvgIpc) is 2.99. The number of hydrogen-bond donors (Lipinski definition) is 2. The van der Waals surface area contributed by atoms with Crippen LogP contribution in [0.5, 0.6) is 0 Å². The SMILES string of the molecule is CC(C)C(N)CC(=O)NCc1ccccc1-n1cccn1. The van der Waals surface area contributed by atoms with Gasteiger partial charge in [-0.2, -0.15) is 5.10 Å². The number of hydrogen-bond acceptors (Lipinski definition) is 3. The Morgan fingerprint density at radius 1 is 1.33 bits per heavy atom. The van der Waals surface area contributed by atoms with Crippen molar-refractivity contribution < 1.29 is 4.79 Å². The fourth-order valence-corrected chi connectivity index (χ4v) is 2.01. The van der Waals surface area contributed by atoms with Crippen molar-refractivity contribution in [2.24, 2.45) is 11.7 Å². The Morgan fingerprint density at radius 2 is 2.10 bits per heavy atom. The van der Waals surface area contributed by atoms with Crippen LogP contribution in [-0.2, 0) is 11.3 Å². The maximum Gasteiger partial charge on any atom is 0.221 e. The Kier molecular flexibility index (Phi) is 5.11. The molecule has 0 bridgehead atoms. The summed E-state index contributed by atoms with van der Waals surface area (Å²) in [5.41, 5.74) is 7.91. The predicted molar refractivity (Wildman–Crippen MR) is 82.8 cm³/mol. The number of benzene rings is 1. The molecular weight excluding hydrogens is 264 g/mol. The summed E-state index contributed by atoms with van der Waals surface area (Å²) >= 11 is 0. The van der Waals surface area contributed by atoms with E-state index in [0.717, 1.165) is 11.3 Å². The number of nitrogens with two attached hydrogens (primary N) is 1. The first-order valence-electron chi connectivity index (χ1n) is 7.18. The zero-order chi connectivity index (χ0) is 15.2. The van der Waals surface area contributed by atoms with E-state index in [9.17, 15) is 4.79 Å². The van der Waals surface area contributed by atoms with Crippen molar-refractivity contribution in [1.82, 2.24) is 15.1 Å². The minimum atomic E-state index is -0.105. The number of carbonyl (C=O) groups is 1. The number of carbonyl (C=O) groups excluding carboxylic acids is 1. The maximum absolute atomic E-state index is 11.9. The van der Waals surface area contributed by atoms with Gasteiger partial charge in [-0.05, 0) is 23.6 Å². The maximum atomic E-state index is 11.9. The molecule has 5 nitrogen and oxygen atoms in total. The lowest BCUT2D eigenvalue weighted by atomic mass is 10.0. The van der Waals surface area contributed by atoms with Crippen LogP contribution in [0.15, 0.2) is 42.7 Å². The lowest BCUT2D eigenvalue weighted by Gasteiger charge is -2.15. The van der Waals surface area contributed by atoms with E-state index >= 15 is 0 Å². The zero-order valence-electron chi connectivity index (χ0n) is 12.5. The van der Waals surface area contributed by atoms with Crippen LogP contribution in [0, 0.1) is 5.92 Å². The van der Waals surface area contributed by atoms with E-state index < -0.39 is 0 Å². The van der Waals surface area contributed by atoms with E-state index in [1.807, 2.05) is 50.4 Å². The van der Waals surface area contributed by atoms with Crippen LogP contribution >= 0.6 is 0 Å². The molecular formula is C16H22N4O. The van der Waals surface area contributed by atoms with E-state index in [1.165, 1.54) is 0 Å². The standard InChI is InChI=1S/C16H22N4O/c1-12(2)14(17)10-16(21)18-11-13-6-3-4-7-15(13)20-9-5-8-19-20/h3-9,12,14H,10-11,17H2,1-2H3,(H,18,21). The van der Waals surface area contributed by atoms with Gasteiger partial charge in [0, 0.05) is 31.4 Å². The largest absolute Gasteiger partial charge is 0.352 e. The van der Waals surface area contributed by atoms with E-state index in [2.05, 4.69) is 10.4 Å². The highest BCUT2D eigenvalue weighted by Crippen LogP contribution is 2.13. The Hall–Kier alpha value is -2.14. The molecule has 0 spiro atoms. The van der Waals surface area contributed by atoms with Crippen LogP contribution in [-0.4, -0.2) is 21.7 Å². The summed E-state index contributed by atoms with van der Waals surface area (Å²) in [4.78, 5) is 11.9. The normalized spacial score (nSPS) is 12.4. The van der Waals surface area contributed by atoms with Gasteiger partial charge in [-0.1, -0.05) is 32.0 Å². The van der Waals surface area contributed by atoms with Crippen molar-refractivity contribution in [3.63, 3.8) is 0 Å². The molecule has 5 heteroatoms. The van der Waals surface area contributed by atoms with Crippen LogP contribution in [0.1, 0.15) is 25.8 Å². The van der Waals surface area contributed by atoms with Gasteiger partial charge in [0.2, 0.25) is 5.91 Å². The van der Waals surface area contributed by atoms with Gasteiger partial charge >= 0.3 is 0 Å². The van der Waals surface area contributed by atoms with Gasteiger partial charge in [-0.3, -0.25) is 4.79 Å². The molecule has 1 unspecified atom stereocenters. The number of para-hydroxylation sites is 1. The van der Waals surface area contributed by atoms with Gasteiger partial charge in [-0.15, -0.1) is 0 Å². The van der Waals surface area contributed by atoms with Crippen molar-refractivity contribution in [2.45, 2.75) is 32.9 Å². The first kappa shape index (κ1) is 15.3. The molecule has 0 aliphatic carbocycles. The molecule has 1 aromatic carbocycles. The quantitative estimate of drug-likeness (QED) is 0.851. The minimum Gasteiger partial charge on any atom is -0.352 e. The fraction of sp³-hybridized carbons (Fsp3) is 0.375. The first-order valence-corrected chi connectivity index (χ1v) is 7.18. The van der Waals surface area contributed by atoms with Gasteiger partial charge in [0.25, 0.3) is 0 Å². The topological polar surface area (TPSA) is 72.9 Å². The molecule has 112 valence electrons. The van der Waals surface area contributed by atoms with Gasteiger partial charge < -0.3 is 11.1 Å². The fourth-order valence-electron chi connectivity index (χ4n) is 2.01. The van der Waals surface area contributed by atoms with Crippen LogP contribution in [0.4, 0.5) is 0 Å².